The number of nitrogens with zero attached hydrogens (tertiary/aromatic N) is 3. The molecule has 0 spiro atoms. The van der Waals surface area contributed by atoms with E-state index in [2.05, 4.69) is 10.00 Å². The highest BCUT2D eigenvalue weighted by Crippen LogP contribution is 2.27. The molecule has 4 aromatic rings. The van der Waals surface area contributed by atoms with Crippen molar-refractivity contribution < 1.29 is 9.53 Å². The summed E-state index contributed by atoms with van der Waals surface area (Å²) in [6.07, 6.45) is 3.84. The van der Waals surface area contributed by atoms with Crippen LogP contribution in [-0.2, 0) is 0 Å². The van der Waals surface area contributed by atoms with E-state index in [-0.39, 0.29) is 5.91 Å². The van der Waals surface area contributed by atoms with Crippen molar-refractivity contribution >= 4 is 27.6 Å². The number of benzene rings is 3. The van der Waals surface area contributed by atoms with Crippen LogP contribution >= 0.6 is 0 Å². The molecule has 0 aliphatic carbocycles. The van der Waals surface area contributed by atoms with Gasteiger partial charge < -0.3 is 4.74 Å². The minimum Gasteiger partial charge on any atom is -0.475 e. The molecular weight excluding hydrogens is 374 g/mol. The van der Waals surface area contributed by atoms with Gasteiger partial charge >= 0.3 is 0 Å². The molecule has 0 amide bonds. The number of likely N-dealkylation sites (tertiary alicyclic amines) is 1. The molecule has 2 heterocycles. The Bertz CT molecular complexity index is 1190. The Morgan fingerprint density at radius 2 is 1.60 bits per heavy atom. The van der Waals surface area contributed by atoms with Crippen molar-refractivity contribution in [1.29, 1.82) is 0 Å². The van der Waals surface area contributed by atoms with Crippen LogP contribution < -0.4 is 4.74 Å². The summed E-state index contributed by atoms with van der Waals surface area (Å²) in [5.74, 6) is 0.380. The number of hydrogen-bond acceptors (Lipinski definition) is 4. The van der Waals surface area contributed by atoms with Gasteiger partial charge in [-0.3, -0.25) is 9.69 Å². The van der Waals surface area contributed by atoms with E-state index in [0.29, 0.717) is 18.1 Å². The Balaban J connectivity index is 1.45. The van der Waals surface area contributed by atoms with Gasteiger partial charge in [-0.05, 0) is 54.9 Å². The molecule has 30 heavy (non-hydrogen) atoms. The predicted octanol–water partition coefficient (Wildman–Crippen LogP) is 4.74. The Labute approximate surface area is 175 Å². The molecule has 1 saturated heterocycles. The van der Waals surface area contributed by atoms with Crippen molar-refractivity contribution in [2.75, 3.05) is 26.2 Å². The molecule has 1 aromatic heterocycles. The summed E-state index contributed by atoms with van der Waals surface area (Å²) in [6, 6.07) is 21.5. The van der Waals surface area contributed by atoms with Gasteiger partial charge in [0, 0.05) is 12.1 Å². The van der Waals surface area contributed by atoms with Crippen LogP contribution in [-0.4, -0.2) is 46.8 Å². The SMILES string of the molecule is O=C(c1cccc2ccccc12)n1nc(OCCN2CCCCC2)c2ccccc21. The van der Waals surface area contributed by atoms with Crippen LogP contribution in [0, 0.1) is 0 Å². The highest BCUT2D eigenvalue weighted by Gasteiger charge is 2.19. The average molecular weight is 399 g/mol. The Morgan fingerprint density at radius 3 is 2.47 bits per heavy atom. The van der Waals surface area contributed by atoms with Gasteiger partial charge in [-0.25, -0.2) is 0 Å². The summed E-state index contributed by atoms with van der Waals surface area (Å²) in [4.78, 5) is 15.9. The van der Waals surface area contributed by atoms with Crippen molar-refractivity contribution in [3.05, 3.63) is 72.3 Å². The van der Waals surface area contributed by atoms with Gasteiger partial charge in [0.05, 0.1) is 10.9 Å². The van der Waals surface area contributed by atoms with Crippen molar-refractivity contribution in [3.63, 3.8) is 0 Å². The number of rotatable bonds is 5. The summed E-state index contributed by atoms with van der Waals surface area (Å²) in [5, 5.41) is 7.41. The van der Waals surface area contributed by atoms with Crippen LogP contribution in [0.3, 0.4) is 0 Å². The fraction of sp³-hybridized carbons (Fsp3) is 0.280. The molecule has 152 valence electrons. The molecule has 0 radical (unpaired) electrons. The number of hydrogen-bond donors (Lipinski definition) is 0. The second kappa shape index (κ2) is 8.28. The summed E-state index contributed by atoms with van der Waals surface area (Å²) < 4.78 is 7.53. The van der Waals surface area contributed by atoms with Gasteiger partial charge in [0.25, 0.3) is 5.91 Å². The van der Waals surface area contributed by atoms with Gasteiger partial charge in [-0.15, -0.1) is 5.10 Å². The van der Waals surface area contributed by atoms with E-state index in [0.717, 1.165) is 41.3 Å². The van der Waals surface area contributed by atoms with Gasteiger partial charge in [0.1, 0.15) is 6.61 Å². The Morgan fingerprint density at radius 1 is 0.867 bits per heavy atom. The zero-order valence-electron chi connectivity index (χ0n) is 17.0. The van der Waals surface area contributed by atoms with Crippen LogP contribution in [0.15, 0.2) is 66.7 Å². The van der Waals surface area contributed by atoms with Crippen LogP contribution in [0.5, 0.6) is 5.88 Å². The summed E-state index contributed by atoms with van der Waals surface area (Å²) in [7, 11) is 0. The van der Waals surface area contributed by atoms with Crippen molar-refractivity contribution in [1.82, 2.24) is 14.7 Å². The average Bonchev–Trinajstić information content (AvgIpc) is 3.18. The van der Waals surface area contributed by atoms with Crippen LogP contribution in [0.4, 0.5) is 0 Å². The second-order valence-electron chi connectivity index (χ2n) is 7.82. The number of aromatic nitrogens is 2. The molecule has 1 aliphatic heterocycles. The minimum absolute atomic E-state index is 0.145. The normalized spacial score (nSPS) is 14.9. The van der Waals surface area contributed by atoms with E-state index >= 15 is 0 Å². The van der Waals surface area contributed by atoms with Gasteiger partial charge in [-0.2, -0.15) is 4.68 Å². The number of piperidine rings is 1. The molecular formula is C25H25N3O2. The molecule has 0 bridgehead atoms. The quantitative estimate of drug-likeness (QED) is 0.486. The molecule has 5 nitrogen and oxygen atoms in total. The number of carbonyl (C=O) groups is 1. The molecule has 1 aliphatic rings. The maximum absolute atomic E-state index is 13.4. The largest absolute Gasteiger partial charge is 0.475 e. The van der Waals surface area contributed by atoms with Crippen LogP contribution in [0.25, 0.3) is 21.7 Å². The minimum atomic E-state index is -0.145. The molecule has 0 N–H and O–H groups in total. The van der Waals surface area contributed by atoms with Crippen molar-refractivity contribution in [2.24, 2.45) is 0 Å². The molecule has 5 heteroatoms. The number of fused-ring (bicyclic) bond motifs is 2. The zero-order chi connectivity index (χ0) is 20.3. The fourth-order valence-electron chi connectivity index (χ4n) is 4.28. The molecule has 0 unspecified atom stereocenters. The monoisotopic (exact) mass is 399 g/mol. The lowest BCUT2D eigenvalue weighted by Gasteiger charge is -2.25. The Hall–Kier alpha value is -3.18. The molecule has 0 saturated carbocycles. The molecule has 0 atom stereocenters. The van der Waals surface area contributed by atoms with Crippen molar-refractivity contribution in [3.8, 4) is 5.88 Å². The van der Waals surface area contributed by atoms with Crippen molar-refractivity contribution in [2.45, 2.75) is 19.3 Å². The highest BCUT2D eigenvalue weighted by atomic mass is 16.5. The highest BCUT2D eigenvalue weighted by molar-refractivity contribution is 6.10. The third-order valence-electron chi connectivity index (χ3n) is 5.86. The van der Waals surface area contributed by atoms with Gasteiger partial charge in [0.15, 0.2) is 0 Å². The number of para-hydroxylation sites is 1. The maximum atomic E-state index is 13.4. The Kier molecular flexibility index (Phi) is 5.20. The first-order chi connectivity index (χ1) is 14.8. The first-order valence-corrected chi connectivity index (χ1v) is 10.7. The van der Waals surface area contributed by atoms with E-state index in [1.165, 1.54) is 23.9 Å². The standard InChI is InChI=1S/C25H25N3O2/c29-25(21-13-8-10-19-9-2-3-11-20(19)21)28-23-14-5-4-12-22(23)24(26-28)30-18-17-27-15-6-1-7-16-27/h2-5,8-14H,1,6-7,15-18H2. The first-order valence-electron chi connectivity index (χ1n) is 10.7. The summed E-state index contributed by atoms with van der Waals surface area (Å²) in [6.45, 7) is 3.73. The van der Waals surface area contributed by atoms with E-state index in [9.17, 15) is 4.79 Å². The summed E-state index contributed by atoms with van der Waals surface area (Å²) in [5.41, 5.74) is 1.41. The van der Waals surface area contributed by atoms with Gasteiger partial charge in [0.2, 0.25) is 5.88 Å². The zero-order valence-corrected chi connectivity index (χ0v) is 17.0. The molecule has 5 rings (SSSR count). The predicted molar refractivity (Wildman–Crippen MR) is 119 cm³/mol. The van der Waals surface area contributed by atoms with E-state index in [1.807, 2.05) is 66.7 Å². The van der Waals surface area contributed by atoms with E-state index in [4.69, 9.17) is 4.74 Å². The van der Waals surface area contributed by atoms with E-state index in [1.54, 1.807) is 0 Å². The lowest BCUT2D eigenvalue weighted by atomic mass is 10.0. The fourth-order valence-corrected chi connectivity index (χ4v) is 4.28. The smallest absolute Gasteiger partial charge is 0.279 e. The summed E-state index contributed by atoms with van der Waals surface area (Å²) >= 11 is 0. The second-order valence-corrected chi connectivity index (χ2v) is 7.82. The first kappa shape index (κ1) is 18.8. The maximum Gasteiger partial charge on any atom is 0.279 e. The third kappa shape index (κ3) is 3.57. The number of ether oxygens (including phenoxy) is 1. The molecule has 1 fully saturated rings. The number of carbonyl (C=O) groups excluding carboxylic acids is 1. The lowest BCUT2D eigenvalue weighted by Crippen LogP contribution is -2.33. The van der Waals surface area contributed by atoms with E-state index < -0.39 is 0 Å². The lowest BCUT2D eigenvalue weighted by molar-refractivity contribution is 0.0949. The molecule has 3 aromatic carbocycles. The third-order valence-corrected chi connectivity index (χ3v) is 5.86. The topological polar surface area (TPSA) is 47.4 Å². The van der Waals surface area contributed by atoms with Crippen LogP contribution in [0.1, 0.15) is 29.6 Å². The van der Waals surface area contributed by atoms with Gasteiger partial charge in [-0.1, -0.05) is 55.0 Å². The van der Waals surface area contributed by atoms with Crippen LogP contribution in [0.2, 0.25) is 0 Å².